The lowest BCUT2D eigenvalue weighted by Crippen LogP contribution is -2.53. The normalized spacial score (nSPS) is 21.3. The Morgan fingerprint density at radius 2 is 1.68 bits per heavy atom. The van der Waals surface area contributed by atoms with Crippen LogP contribution >= 0.6 is 0 Å². The Balaban J connectivity index is 1.57. The monoisotopic (exact) mass is 454 g/mol. The van der Waals surface area contributed by atoms with Crippen LogP contribution in [0.5, 0.6) is 5.75 Å². The molecule has 3 N–H and O–H groups in total. The van der Waals surface area contributed by atoms with Gasteiger partial charge in [-0.05, 0) is 42.3 Å². The van der Waals surface area contributed by atoms with Crippen LogP contribution in [0.15, 0.2) is 91.1 Å². The van der Waals surface area contributed by atoms with Crippen molar-refractivity contribution in [2.75, 3.05) is 17.7 Å². The number of amides is 1. The molecule has 0 bridgehead atoms. The van der Waals surface area contributed by atoms with Crippen LogP contribution in [0.3, 0.4) is 0 Å². The van der Waals surface area contributed by atoms with E-state index in [4.69, 9.17) is 4.74 Å². The van der Waals surface area contributed by atoms with Gasteiger partial charge in [-0.15, -0.1) is 0 Å². The summed E-state index contributed by atoms with van der Waals surface area (Å²) in [6.07, 6.45) is 1.72. The van der Waals surface area contributed by atoms with Crippen LogP contribution in [0.2, 0.25) is 0 Å². The third-order valence-corrected chi connectivity index (χ3v) is 6.30. The number of nitrogens with zero attached hydrogens (tertiary/aromatic N) is 2. The third kappa shape index (κ3) is 3.80. The van der Waals surface area contributed by atoms with Gasteiger partial charge < -0.3 is 20.5 Å². The molecule has 3 aromatic carbocycles. The highest BCUT2D eigenvalue weighted by molar-refractivity contribution is 5.94. The van der Waals surface area contributed by atoms with Gasteiger partial charge in [-0.1, -0.05) is 60.7 Å². The first kappa shape index (κ1) is 21.7. The number of anilines is 2. The number of benzene rings is 3. The van der Waals surface area contributed by atoms with Gasteiger partial charge in [0.2, 0.25) is 5.91 Å². The minimum absolute atomic E-state index is 0.320. The zero-order valence-electron chi connectivity index (χ0n) is 19.0. The van der Waals surface area contributed by atoms with Gasteiger partial charge in [0.25, 0.3) is 0 Å². The fraction of sp³-hybridized carbons (Fsp3) is 0.185. The van der Waals surface area contributed by atoms with Crippen LogP contribution < -0.4 is 15.4 Å². The zero-order valence-corrected chi connectivity index (χ0v) is 19.0. The summed E-state index contributed by atoms with van der Waals surface area (Å²) in [5.74, 6) is 0.173. The molecule has 34 heavy (non-hydrogen) atoms. The summed E-state index contributed by atoms with van der Waals surface area (Å²) in [6.45, 7) is 1.63. The van der Waals surface area contributed by atoms with Gasteiger partial charge in [-0.3, -0.25) is 4.79 Å². The Kier molecular flexibility index (Phi) is 5.55. The third-order valence-electron chi connectivity index (χ3n) is 6.30. The van der Waals surface area contributed by atoms with Crippen LogP contribution in [-0.4, -0.2) is 27.9 Å². The summed E-state index contributed by atoms with van der Waals surface area (Å²) in [4.78, 5) is 13.6. The number of fused-ring (bicyclic) bond motifs is 1. The lowest BCUT2D eigenvalue weighted by molar-refractivity contribution is -0.143. The first-order valence-corrected chi connectivity index (χ1v) is 11.1. The van der Waals surface area contributed by atoms with E-state index in [1.165, 1.54) is 4.68 Å². The standard InChI is InChI=1S/C27H26N4O3/c1-27(33)23(26(32)29-20-13-15-21(34-2)16-14-20)24(19-11-7-4-8-12-19)30-25-22(17-28-31(25)27)18-9-5-3-6-10-18/h3-17,23-24,30,33H,1-2H3,(H,29,32)/t23-,24+,27-/m0/s1. The average molecular weight is 455 g/mol. The predicted octanol–water partition coefficient (Wildman–Crippen LogP) is 4.65. The maximum absolute atomic E-state index is 13.6. The topological polar surface area (TPSA) is 88.4 Å². The number of carbonyl (C=O) groups excluding carboxylic acids is 1. The van der Waals surface area contributed by atoms with Gasteiger partial charge in [-0.2, -0.15) is 5.10 Å². The molecule has 0 unspecified atom stereocenters. The molecule has 0 spiro atoms. The molecule has 4 aromatic rings. The number of nitrogens with one attached hydrogen (secondary N) is 2. The Morgan fingerprint density at radius 3 is 2.32 bits per heavy atom. The predicted molar refractivity (Wildman–Crippen MR) is 131 cm³/mol. The Labute approximate surface area is 198 Å². The van der Waals surface area contributed by atoms with Crippen molar-refractivity contribution in [3.8, 4) is 16.9 Å². The van der Waals surface area contributed by atoms with E-state index in [2.05, 4.69) is 15.7 Å². The van der Waals surface area contributed by atoms with Crippen molar-refractivity contribution < 1.29 is 14.6 Å². The number of rotatable bonds is 5. The van der Waals surface area contributed by atoms with Gasteiger partial charge in [0.15, 0.2) is 5.72 Å². The number of hydrogen-bond donors (Lipinski definition) is 3. The molecule has 2 heterocycles. The van der Waals surface area contributed by atoms with Crippen LogP contribution in [0.1, 0.15) is 18.5 Å². The molecular weight excluding hydrogens is 428 g/mol. The van der Waals surface area contributed by atoms with Crippen molar-refractivity contribution in [2.45, 2.75) is 18.7 Å². The maximum Gasteiger partial charge on any atom is 0.234 e. The zero-order chi connectivity index (χ0) is 23.7. The first-order chi connectivity index (χ1) is 16.5. The first-order valence-electron chi connectivity index (χ1n) is 11.1. The number of carbonyl (C=O) groups is 1. The number of methoxy groups -OCH3 is 1. The summed E-state index contributed by atoms with van der Waals surface area (Å²) in [5.41, 5.74) is 1.74. The molecule has 1 amide bonds. The molecular formula is C27H26N4O3. The minimum Gasteiger partial charge on any atom is -0.497 e. The highest BCUT2D eigenvalue weighted by Crippen LogP contribution is 2.46. The second-order valence-corrected chi connectivity index (χ2v) is 8.51. The van der Waals surface area contributed by atoms with Gasteiger partial charge in [0, 0.05) is 11.3 Å². The molecule has 0 fully saturated rings. The molecule has 172 valence electrons. The number of ether oxygens (including phenoxy) is 1. The summed E-state index contributed by atoms with van der Waals surface area (Å²) >= 11 is 0. The van der Waals surface area contributed by atoms with Gasteiger partial charge in [0.1, 0.15) is 17.5 Å². The highest BCUT2D eigenvalue weighted by atomic mass is 16.5. The molecule has 1 aliphatic rings. The van der Waals surface area contributed by atoms with Crippen LogP contribution in [0.4, 0.5) is 11.5 Å². The second-order valence-electron chi connectivity index (χ2n) is 8.51. The second kappa shape index (κ2) is 8.68. The van der Waals surface area contributed by atoms with Gasteiger partial charge in [-0.25, -0.2) is 4.68 Å². The summed E-state index contributed by atoms with van der Waals surface area (Å²) in [6, 6.07) is 26.2. The van der Waals surface area contributed by atoms with Crippen LogP contribution in [0, 0.1) is 5.92 Å². The van der Waals surface area contributed by atoms with E-state index in [0.29, 0.717) is 17.3 Å². The van der Waals surface area contributed by atoms with Crippen LogP contribution in [-0.2, 0) is 10.5 Å². The summed E-state index contributed by atoms with van der Waals surface area (Å²) in [5, 5.41) is 22.7. The molecule has 0 radical (unpaired) electrons. The number of hydrogen-bond acceptors (Lipinski definition) is 5. The molecule has 0 saturated carbocycles. The molecule has 0 aliphatic carbocycles. The van der Waals surface area contributed by atoms with Crippen LogP contribution in [0.25, 0.3) is 11.1 Å². The lowest BCUT2D eigenvalue weighted by Gasteiger charge is -2.43. The number of aliphatic hydroxyl groups is 1. The lowest BCUT2D eigenvalue weighted by atomic mass is 9.82. The summed E-state index contributed by atoms with van der Waals surface area (Å²) in [7, 11) is 1.59. The Bertz CT molecular complexity index is 1280. The molecule has 5 rings (SSSR count). The fourth-order valence-electron chi connectivity index (χ4n) is 4.57. The maximum atomic E-state index is 13.6. The minimum atomic E-state index is -1.59. The van der Waals surface area contributed by atoms with Gasteiger partial charge in [0.05, 0.1) is 19.3 Å². The van der Waals surface area contributed by atoms with E-state index in [-0.39, 0.29) is 5.91 Å². The molecule has 1 aliphatic heterocycles. The molecule has 7 heteroatoms. The Morgan fingerprint density at radius 1 is 1.03 bits per heavy atom. The summed E-state index contributed by atoms with van der Waals surface area (Å²) < 4.78 is 6.71. The van der Waals surface area contributed by atoms with Crippen molar-refractivity contribution in [3.63, 3.8) is 0 Å². The van der Waals surface area contributed by atoms with E-state index in [1.807, 2.05) is 60.7 Å². The highest BCUT2D eigenvalue weighted by Gasteiger charge is 2.50. The number of aromatic nitrogens is 2. The fourth-order valence-corrected chi connectivity index (χ4v) is 4.57. The molecule has 3 atom stereocenters. The van der Waals surface area contributed by atoms with Crippen molar-refractivity contribution in [2.24, 2.45) is 5.92 Å². The van der Waals surface area contributed by atoms with Crippen molar-refractivity contribution >= 4 is 17.4 Å². The van der Waals surface area contributed by atoms with Crippen molar-refractivity contribution in [1.29, 1.82) is 0 Å². The molecule has 0 saturated heterocycles. The van der Waals surface area contributed by atoms with E-state index >= 15 is 0 Å². The largest absolute Gasteiger partial charge is 0.497 e. The van der Waals surface area contributed by atoms with E-state index < -0.39 is 17.7 Å². The molecule has 1 aromatic heterocycles. The van der Waals surface area contributed by atoms with E-state index in [1.54, 1.807) is 44.5 Å². The van der Waals surface area contributed by atoms with Gasteiger partial charge >= 0.3 is 0 Å². The smallest absolute Gasteiger partial charge is 0.234 e. The van der Waals surface area contributed by atoms with Crippen molar-refractivity contribution in [3.05, 3.63) is 96.7 Å². The molecule has 7 nitrogen and oxygen atoms in total. The van der Waals surface area contributed by atoms with E-state index in [9.17, 15) is 9.90 Å². The quantitative estimate of drug-likeness (QED) is 0.409. The average Bonchev–Trinajstić information content (AvgIpc) is 3.30. The van der Waals surface area contributed by atoms with E-state index in [0.717, 1.165) is 16.7 Å². The van der Waals surface area contributed by atoms with Crippen molar-refractivity contribution in [1.82, 2.24) is 9.78 Å². The Hall–Kier alpha value is -4.10. The SMILES string of the molecule is COc1ccc(NC(=O)[C@@H]2[C@@H](c3ccccc3)Nc3c(-c4ccccc4)cnn3[C@@]2(C)O)cc1.